The number of carboxylic acid groups (broad SMARTS) is 1. The number of H-pyrrole nitrogens is 1. The fourth-order valence-electron chi connectivity index (χ4n) is 3.98. The molecule has 0 aliphatic heterocycles. The maximum Gasteiger partial charge on any atom is 0.305 e. The number of hydrogen-bond acceptors (Lipinski definition) is 2. The number of nitrogens with zero attached hydrogens (tertiary/aromatic N) is 1. The Morgan fingerprint density at radius 3 is 2.28 bits per heavy atom. The summed E-state index contributed by atoms with van der Waals surface area (Å²) in [4.78, 5) is 29.9. The van der Waals surface area contributed by atoms with Crippen LogP contribution in [0.1, 0.15) is 28.0 Å². The molecule has 0 fully saturated rings. The van der Waals surface area contributed by atoms with Gasteiger partial charge in [0, 0.05) is 29.6 Å². The number of aromatic amines is 1. The van der Waals surface area contributed by atoms with E-state index in [9.17, 15) is 14.7 Å². The molecule has 1 amide bonds. The largest absolute Gasteiger partial charge is 0.481 e. The van der Waals surface area contributed by atoms with Gasteiger partial charge in [-0.2, -0.15) is 0 Å². The van der Waals surface area contributed by atoms with Crippen molar-refractivity contribution in [2.45, 2.75) is 19.8 Å². The average Bonchev–Trinajstić information content (AvgIpc) is 3.18. The predicted octanol–water partition coefficient (Wildman–Crippen LogP) is 5.30. The summed E-state index contributed by atoms with van der Waals surface area (Å²) in [5, 5.41) is 10.2. The van der Waals surface area contributed by atoms with Crippen LogP contribution in [0.2, 0.25) is 0 Å². The first-order valence-electron chi connectivity index (χ1n) is 10.8. The molecule has 2 N–H and O–H groups in total. The summed E-state index contributed by atoms with van der Waals surface area (Å²) < 4.78 is 0. The van der Waals surface area contributed by atoms with Crippen molar-refractivity contribution in [2.75, 3.05) is 13.1 Å². The first-order valence-corrected chi connectivity index (χ1v) is 10.8. The van der Waals surface area contributed by atoms with Gasteiger partial charge in [0.05, 0.1) is 6.42 Å². The van der Waals surface area contributed by atoms with Gasteiger partial charge in [0.25, 0.3) is 5.91 Å². The van der Waals surface area contributed by atoms with Crippen molar-refractivity contribution in [1.29, 1.82) is 0 Å². The third-order valence-corrected chi connectivity index (χ3v) is 5.63. The van der Waals surface area contributed by atoms with Crippen molar-refractivity contribution in [3.05, 3.63) is 95.7 Å². The van der Waals surface area contributed by atoms with Crippen LogP contribution < -0.4 is 0 Å². The lowest BCUT2D eigenvalue weighted by Crippen LogP contribution is -2.35. The smallest absolute Gasteiger partial charge is 0.305 e. The highest BCUT2D eigenvalue weighted by molar-refractivity contribution is 6.09. The summed E-state index contributed by atoms with van der Waals surface area (Å²) in [6, 6.07) is 25.8. The number of aryl methyl sites for hydroxylation is 1. The molecule has 4 aromatic rings. The summed E-state index contributed by atoms with van der Waals surface area (Å²) >= 11 is 0. The van der Waals surface area contributed by atoms with Crippen LogP contribution in [0.5, 0.6) is 0 Å². The number of nitrogens with one attached hydrogen (secondary N) is 1. The number of fused-ring (bicyclic) bond motifs is 1. The molecule has 162 valence electrons. The molecule has 0 saturated heterocycles. The van der Waals surface area contributed by atoms with Gasteiger partial charge in [-0.15, -0.1) is 0 Å². The van der Waals surface area contributed by atoms with Crippen LogP contribution in [-0.4, -0.2) is 40.0 Å². The van der Waals surface area contributed by atoms with Crippen LogP contribution in [0.25, 0.3) is 22.0 Å². The summed E-state index contributed by atoms with van der Waals surface area (Å²) in [6.07, 6.45) is 0.562. The van der Waals surface area contributed by atoms with Gasteiger partial charge in [-0.1, -0.05) is 72.3 Å². The number of hydrogen-bond donors (Lipinski definition) is 2. The van der Waals surface area contributed by atoms with Crippen LogP contribution in [0.4, 0.5) is 0 Å². The van der Waals surface area contributed by atoms with Crippen molar-refractivity contribution in [1.82, 2.24) is 9.88 Å². The van der Waals surface area contributed by atoms with Gasteiger partial charge < -0.3 is 15.0 Å². The van der Waals surface area contributed by atoms with E-state index < -0.39 is 5.97 Å². The molecule has 0 saturated carbocycles. The van der Waals surface area contributed by atoms with Crippen LogP contribution in [0.15, 0.2) is 78.9 Å². The number of carbonyl (C=O) groups is 2. The van der Waals surface area contributed by atoms with E-state index in [2.05, 4.69) is 11.1 Å². The van der Waals surface area contributed by atoms with Crippen molar-refractivity contribution in [3.63, 3.8) is 0 Å². The zero-order chi connectivity index (χ0) is 22.5. The van der Waals surface area contributed by atoms with E-state index in [-0.39, 0.29) is 18.9 Å². The minimum Gasteiger partial charge on any atom is -0.481 e. The van der Waals surface area contributed by atoms with E-state index in [0.717, 1.165) is 33.2 Å². The zero-order valence-corrected chi connectivity index (χ0v) is 18.0. The SMILES string of the molecule is Cc1ccc2[nH]c(C(=O)N(CCC(=O)O)CCc3ccccc3)c(-c3ccccc3)c2c1. The van der Waals surface area contributed by atoms with Crippen LogP contribution in [-0.2, 0) is 11.2 Å². The lowest BCUT2D eigenvalue weighted by molar-refractivity contribution is -0.137. The number of carbonyl (C=O) groups excluding carboxylic acids is 1. The van der Waals surface area contributed by atoms with Gasteiger partial charge in [0.15, 0.2) is 0 Å². The Balaban J connectivity index is 1.73. The standard InChI is InChI=1S/C27H26N2O3/c1-19-12-13-23-22(18-19)25(21-10-6-3-7-11-21)26(28-23)27(32)29(17-15-24(30)31)16-14-20-8-4-2-5-9-20/h2-13,18,28H,14-17H2,1H3,(H,30,31). The molecule has 0 spiro atoms. The van der Waals surface area contributed by atoms with Crippen molar-refractivity contribution in [2.24, 2.45) is 0 Å². The number of amides is 1. The number of aliphatic carboxylic acids is 1. The molecule has 0 unspecified atom stereocenters. The molecule has 0 aliphatic carbocycles. The first-order chi connectivity index (χ1) is 15.5. The number of aromatic nitrogens is 1. The monoisotopic (exact) mass is 426 g/mol. The van der Waals surface area contributed by atoms with Crippen molar-refractivity contribution >= 4 is 22.8 Å². The van der Waals surface area contributed by atoms with E-state index in [1.54, 1.807) is 4.90 Å². The molecule has 0 aliphatic rings. The fourth-order valence-corrected chi connectivity index (χ4v) is 3.98. The van der Waals surface area contributed by atoms with Gasteiger partial charge in [-0.25, -0.2) is 0 Å². The number of benzene rings is 3. The summed E-state index contributed by atoms with van der Waals surface area (Å²) in [5.74, 6) is -1.10. The Labute approximate surface area is 187 Å². The minimum absolute atomic E-state index is 0.0967. The van der Waals surface area contributed by atoms with Crippen LogP contribution >= 0.6 is 0 Å². The first kappa shape index (κ1) is 21.4. The van der Waals surface area contributed by atoms with Crippen LogP contribution in [0, 0.1) is 6.92 Å². The molecular formula is C27H26N2O3. The lowest BCUT2D eigenvalue weighted by Gasteiger charge is -2.22. The molecular weight excluding hydrogens is 400 g/mol. The Morgan fingerprint density at radius 1 is 0.906 bits per heavy atom. The van der Waals surface area contributed by atoms with Gasteiger partial charge in [0.1, 0.15) is 5.69 Å². The third kappa shape index (κ3) is 4.72. The highest BCUT2D eigenvalue weighted by Crippen LogP contribution is 2.34. The Bertz CT molecular complexity index is 1230. The van der Waals surface area contributed by atoms with E-state index >= 15 is 0 Å². The maximum absolute atomic E-state index is 13.7. The molecule has 0 radical (unpaired) electrons. The van der Waals surface area contributed by atoms with E-state index in [1.165, 1.54) is 0 Å². The van der Waals surface area contributed by atoms with E-state index in [1.807, 2.05) is 79.7 Å². The summed E-state index contributed by atoms with van der Waals surface area (Å²) in [6.45, 7) is 2.63. The molecule has 1 heterocycles. The predicted molar refractivity (Wildman–Crippen MR) is 127 cm³/mol. The van der Waals surface area contributed by atoms with E-state index in [0.29, 0.717) is 18.7 Å². The normalized spacial score (nSPS) is 10.9. The highest BCUT2D eigenvalue weighted by atomic mass is 16.4. The third-order valence-electron chi connectivity index (χ3n) is 5.63. The Kier molecular flexibility index (Phi) is 6.36. The number of rotatable bonds is 8. The molecule has 1 aromatic heterocycles. The van der Waals surface area contributed by atoms with Gasteiger partial charge in [0.2, 0.25) is 0 Å². The molecule has 3 aromatic carbocycles. The fraction of sp³-hybridized carbons (Fsp3) is 0.185. The topological polar surface area (TPSA) is 73.4 Å². The second-order valence-corrected chi connectivity index (χ2v) is 7.96. The Hall–Kier alpha value is -3.86. The summed E-state index contributed by atoms with van der Waals surface area (Å²) in [7, 11) is 0. The van der Waals surface area contributed by atoms with Gasteiger partial charge in [-0.05, 0) is 36.6 Å². The number of carboxylic acids is 1. The molecule has 4 rings (SSSR count). The lowest BCUT2D eigenvalue weighted by atomic mass is 10.00. The highest BCUT2D eigenvalue weighted by Gasteiger charge is 2.24. The molecule has 5 nitrogen and oxygen atoms in total. The molecule has 0 atom stereocenters. The maximum atomic E-state index is 13.7. The molecule has 5 heteroatoms. The second kappa shape index (κ2) is 9.52. The zero-order valence-electron chi connectivity index (χ0n) is 18.0. The molecule has 32 heavy (non-hydrogen) atoms. The van der Waals surface area contributed by atoms with Gasteiger partial charge in [-0.3, -0.25) is 9.59 Å². The Morgan fingerprint density at radius 2 is 1.59 bits per heavy atom. The quantitative estimate of drug-likeness (QED) is 0.401. The van der Waals surface area contributed by atoms with E-state index in [4.69, 9.17) is 0 Å². The van der Waals surface area contributed by atoms with Gasteiger partial charge >= 0.3 is 5.97 Å². The minimum atomic E-state index is -0.918. The second-order valence-electron chi connectivity index (χ2n) is 7.96. The van der Waals surface area contributed by atoms with Crippen molar-refractivity contribution < 1.29 is 14.7 Å². The van der Waals surface area contributed by atoms with Crippen LogP contribution in [0.3, 0.4) is 0 Å². The summed E-state index contributed by atoms with van der Waals surface area (Å²) in [5.41, 5.74) is 5.41. The van der Waals surface area contributed by atoms with Crippen molar-refractivity contribution in [3.8, 4) is 11.1 Å². The molecule has 0 bridgehead atoms. The average molecular weight is 427 g/mol.